The van der Waals surface area contributed by atoms with Crippen LogP contribution in [0.5, 0.6) is 0 Å². The topological polar surface area (TPSA) is 60.4 Å². The van der Waals surface area contributed by atoms with Crippen LogP contribution in [-0.2, 0) is 0 Å². The van der Waals surface area contributed by atoms with Gasteiger partial charge in [0, 0.05) is 23.9 Å². The number of hydrogen-bond acceptors (Lipinski definition) is 4. The van der Waals surface area contributed by atoms with Crippen LogP contribution in [0.3, 0.4) is 0 Å². The fourth-order valence-corrected chi connectivity index (χ4v) is 3.81. The summed E-state index contributed by atoms with van der Waals surface area (Å²) in [5.41, 5.74) is 5.49. The second-order valence-corrected chi connectivity index (χ2v) is 6.55. The van der Waals surface area contributed by atoms with Crippen molar-refractivity contribution in [3.8, 4) is 11.3 Å². The van der Waals surface area contributed by atoms with Crippen molar-refractivity contribution in [3.63, 3.8) is 0 Å². The van der Waals surface area contributed by atoms with Crippen molar-refractivity contribution in [2.75, 3.05) is 0 Å². The first-order chi connectivity index (χ1) is 11.0. The van der Waals surface area contributed by atoms with E-state index in [1.54, 1.807) is 23.5 Å². The maximum Gasteiger partial charge on any atom is 0.269 e. The fraction of sp³-hybridized carbons (Fsp3) is 0.118. The van der Waals surface area contributed by atoms with E-state index < -0.39 is 4.92 Å². The smallest absolute Gasteiger partial charge is 0.269 e. The quantitative estimate of drug-likeness (QED) is 0.395. The van der Waals surface area contributed by atoms with Gasteiger partial charge >= 0.3 is 0 Å². The second kappa shape index (κ2) is 4.89. The Morgan fingerprint density at radius 1 is 1.13 bits per heavy atom. The number of nitro groups is 1. The molecule has 0 radical (unpaired) electrons. The van der Waals surface area contributed by atoms with Gasteiger partial charge in [0.25, 0.3) is 5.69 Å². The van der Waals surface area contributed by atoms with E-state index in [-0.39, 0.29) is 5.69 Å². The van der Waals surface area contributed by atoms with Crippen LogP contribution in [0.2, 0.25) is 0 Å². The standard InChI is InChI=1S/C17H13N3O2S/c1-10-3-8-15-16(11(10)2)19-9-14(18-17(19)23-15)12-4-6-13(7-5-12)20(21)22/h3-9H,1-2H3. The molecule has 0 atom stereocenters. The number of benzene rings is 2. The van der Waals surface area contributed by atoms with Crippen molar-refractivity contribution >= 4 is 32.2 Å². The molecule has 0 amide bonds. The number of nitro benzene ring substituents is 1. The van der Waals surface area contributed by atoms with E-state index in [9.17, 15) is 10.1 Å². The van der Waals surface area contributed by atoms with E-state index in [4.69, 9.17) is 0 Å². The molecule has 0 aliphatic heterocycles. The molecule has 2 aromatic carbocycles. The molecular weight excluding hydrogens is 310 g/mol. The van der Waals surface area contributed by atoms with Crippen LogP contribution in [-0.4, -0.2) is 14.3 Å². The number of aromatic nitrogens is 2. The van der Waals surface area contributed by atoms with Gasteiger partial charge in [-0.1, -0.05) is 17.4 Å². The molecule has 0 saturated heterocycles. The Labute approximate surface area is 136 Å². The number of thiazole rings is 1. The van der Waals surface area contributed by atoms with Crippen molar-refractivity contribution in [1.82, 2.24) is 9.38 Å². The average Bonchev–Trinajstić information content (AvgIpc) is 3.08. The predicted molar refractivity (Wildman–Crippen MR) is 92.1 cm³/mol. The maximum absolute atomic E-state index is 10.8. The third kappa shape index (κ3) is 2.10. The molecule has 6 heteroatoms. The largest absolute Gasteiger partial charge is 0.289 e. The normalized spacial score (nSPS) is 11.4. The van der Waals surface area contributed by atoms with E-state index in [1.807, 2.05) is 6.20 Å². The number of nitrogens with zero attached hydrogens (tertiary/aromatic N) is 3. The molecule has 4 aromatic rings. The van der Waals surface area contributed by atoms with Crippen LogP contribution < -0.4 is 0 Å². The molecule has 23 heavy (non-hydrogen) atoms. The zero-order valence-corrected chi connectivity index (χ0v) is 13.4. The van der Waals surface area contributed by atoms with Crippen molar-refractivity contribution in [3.05, 3.63) is 63.8 Å². The van der Waals surface area contributed by atoms with Gasteiger partial charge in [-0.05, 0) is 43.2 Å². The number of hydrogen-bond donors (Lipinski definition) is 0. The minimum atomic E-state index is -0.394. The Hall–Kier alpha value is -2.73. The minimum absolute atomic E-state index is 0.0895. The summed E-state index contributed by atoms with van der Waals surface area (Å²) in [4.78, 5) is 16.0. The van der Waals surface area contributed by atoms with Crippen LogP contribution in [0.4, 0.5) is 5.69 Å². The summed E-state index contributed by atoms with van der Waals surface area (Å²) in [7, 11) is 0. The molecule has 4 rings (SSSR count). The Bertz CT molecular complexity index is 1060. The lowest BCUT2D eigenvalue weighted by molar-refractivity contribution is -0.384. The third-order valence-corrected chi connectivity index (χ3v) is 5.17. The van der Waals surface area contributed by atoms with E-state index in [1.165, 1.54) is 33.5 Å². The third-order valence-electron chi connectivity index (χ3n) is 4.15. The highest BCUT2D eigenvalue weighted by Gasteiger charge is 2.13. The summed E-state index contributed by atoms with van der Waals surface area (Å²) < 4.78 is 3.32. The Morgan fingerprint density at radius 3 is 2.57 bits per heavy atom. The first-order valence-electron chi connectivity index (χ1n) is 7.17. The zero-order chi connectivity index (χ0) is 16.1. The molecular formula is C17H13N3O2S. The summed E-state index contributed by atoms with van der Waals surface area (Å²) in [5.74, 6) is 0. The van der Waals surface area contributed by atoms with Gasteiger partial charge in [0.2, 0.25) is 0 Å². The van der Waals surface area contributed by atoms with Crippen LogP contribution in [0.1, 0.15) is 11.1 Å². The molecule has 2 heterocycles. The fourth-order valence-electron chi connectivity index (χ4n) is 2.74. The van der Waals surface area contributed by atoms with Crippen molar-refractivity contribution in [2.45, 2.75) is 13.8 Å². The van der Waals surface area contributed by atoms with Crippen LogP contribution in [0.15, 0.2) is 42.6 Å². The number of rotatable bonds is 2. The molecule has 0 aliphatic carbocycles. The molecule has 5 nitrogen and oxygen atoms in total. The summed E-state index contributed by atoms with van der Waals surface area (Å²) in [5, 5.41) is 10.8. The monoisotopic (exact) mass is 323 g/mol. The van der Waals surface area contributed by atoms with E-state index >= 15 is 0 Å². The van der Waals surface area contributed by atoms with Crippen molar-refractivity contribution in [2.24, 2.45) is 0 Å². The highest BCUT2D eigenvalue weighted by molar-refractivity contribution is 7.23. The van der Waals surface area contributed by atoms with E-state index in [0.29, 0.717) is 0 Å². The lowest BCUT2D eigenvalue weighted by atomic mass is 10.1. The maximum atomic E-state index is 10.8. The number of imidazole rings is 1. The molecule has 114 valence electrons. The van der Waals surface area contributed by atoms with Crippen LogP contribution >= 0.6 is 11.3 Å². The molecule has 0 unspecified atom stereocenters. The number of aryl methyl sites for hydroxylation is 2. The average molecular weight is 323 g/mol. The van der Waals surface area contributed by atoms with Gasteiger partial charge in [0.1, 0.15) is 0 Å². The van der Waals surface area contributed by atoms with Gasteiger partial charge in [0.15, 0.2) is 4.96 Å². The first-order valence-corrected chi connectivity index (χ1v) is 7.99. The predicted octanol–water partition coefficient (Wildman–Crippen LogP) is 4.74. The van der Waals surface area contributed by atoms with Crippen LogP contribution in [0, 0.1) is 24.0 Å². The molecule has 0 saturated carbocycles. The summed E-state index contributed by atoms with van der Waals surface area (Å²) >= 11 is 1.65. The highest BCUT2D eigenvalue weighted by Crippen LogP contribution is 2.32. The van der Waals surface area contributed by atoms with Gasteiger partial charge in [-0.3, -0.25) is 14.5 Å². The van der Waals surface area contributed by atoms with Crippen LogP contribution in [0.25, 0.3) is 26.4 Å². The Balaban J connectivity index is 1.89. The number of non-ortho nitro benzene ring substituents is 1. The molecule has 0 N–H and O–H groups in total. The van der Waals surface area contributed by atoms with Crippen molar-refractivity contribution < 1.29 is 4.92 Å². The summed E-state index contributed by atoms with van der Waals surface area (Å²) in [6.45, 7) is 4.22. The Kier molecular flexibility index (Phi) is 2.96. The van der Waals surface area contributed by atoms with E-state index in [2.05, 4.69) is 35.4 Å². The minimum Gasteiger partial charge on any atom is -0.289 e. The summed E-state index contributed by atoms with van der Waals surface area (Å²) in [6, 6.07) is 10.8. The zero-order valence-electron chi connectivity index (χ0n) is 12.6. The van der Waals surface area contributed by atoms with Gasteiger partial charge in [0.05, 0.1) is 20.8 Å². The van der Waals surface area contributed by atoms with Gasteiger partial charge in [-0.15, -0.1) is 0 Å². The van der Waals surface area contributed by atoms with Gasteiger partial charge < -0.3 is 0 Å². The first kappa shape index (κ1) is 13.9. The SMILES string of the molecule is Cc1ccc2sc3nc(-c4ccc([N+](=O)[O-])cc4)cn3c2c1C. The summed E-state index contributed by atoms with van der Waals surface area (Å²) in [6.07, 6.45) is 2.00. The van der Waals surface area contributed by atoms with Gasteiger partial charge in [-0.2, -0.15) is 0 Å². The highest BCUT2D eigenvalue weighted by atomic mass is 32.1. The van der Waals surface area contributed by atoms with Crippen molar-refractivity contribution in [1.29, 1.82) is 0 Å². The second-order valence-electron chi connectivity index (χ2n) is 5.54. The molecule has 0 fully saturated rings. The molecule has 0 aliphatic rings. The lowest BCUT2D eigenvalue weighted by Gasteiger charge is -2.01. The molecule has 2 aromatic heterocycles. The van der Waals surface area contributed by atoms with Gasteiger partial charge in [-0.25, -0.2) is 4.98 Å². The Morgan fingerprint density at radius 2 is 1.87 bits per heavy atom. The molecule has 0 bridgehead atoms. The number of fused-ring (bicyclic) bond motifs is 3. The van der Waals surface area contributed by atoms with E-state index in [0.717, 1.165) is 16.2 Å². The lowest BCUT2D eigenvalue weighted by Crippen LogP contribution is -1.87. The molecule has 0 spiro atoms.